The Morgan fingerprint density at radius 3 is 2.81 bits per heavy atom. The molecule has 0 aliphatic carbocycles. The highest BCUT2D eigenvalue weighted by molar-refractivity contribution is 6.06. The van der Waals surface area contributed by atoms with Crippen LogP contribution < -0.4 is 5.32 Å². The molecule has 0 saturated carbocycles. The lowest BCUT2D eigenvalue weighted by Crippen LogP contribution is -2.37. The Morgan fingerprint density at radius 2 is 2.15 bits per heavy atom. The Labute approximate surface area is 160 Å². The molecule has 1 aromatic carbocycles. The van der Waals surface area contributed by atoms with Gasteiger partial charge in [0.25, 0.3) is 5.91 Å². The molecule has 0 radical (unpaired) electrons. The maximum Gasteiger partial charge on any atom is 0.310 e. The molecule has 1 heterocycles. The lowest BCUT2D eigenvalue weighted by atomic mass is 9.98. The van der Waals surface area contributed by atoms with Gasteiger partial charge in [0.15, 0.2) is 0 Å². The quantitative estimate of drug-likeness (QED) is 0.472. The van der Waals surface area contributed by atoms with Crippen LogP contribution in [0.4, 0.5) is 5.69 Å². The molecule has 1 aliphatic rings. The fourth-order valence-corrected chi connectivity index (χ4v) is 3.20. The number of nitrogens with zero attached hydrogens (tertiary/aromatic N) is 2. The molecule has 1 unspecified atom stereocenters. The van der Waals surface area contributed by atoms with E-state index >= 15 is 0 Å². The number of hydrogen-bond acceptors (Lipinski definition) is 5. The van der Waals surface area contributed by atoms with Crippen molar-refractivity contribution in [1.82, 2.24) is 4.90 Å². The van der Waals surface area contributed by atoms with Crippen molar-refractivity contribution in [2.75, 3.05) is 25.0 Å². The number of rotatable bonds is 6. The smallest absolute Gasteiger partial charge is 0.310 e. The summed E-state index contributed by atoms with van der Waals surface area (Å²) < 4.78 is 5.09. The summed E-state index contributed by atoms with van der Waals surface area (Å²) in [5, 5.41) is 12.3. The third-order valence-corrected chi connectivity index (χ3v) is 4.58. The summed E-state index contributed by atoms with van der Waals surface area (Å²) in [6.07, 6.45) is 3.13. The van der Waals surface area contributed by atoms with Crippen LogP contribution in [0.15, 0.2) is 36.0 Å². The average Bonchev–Trinajstić information content (AvgIpc) is 2.66. The number of anilines is 1. The molecule has 0 spiro atoms. The number of esters is 1. The first-order chi connectivity index (χ1) is 13.0. The highest BCUT2D eigenvalue weighted by atomic mass is 16.5. The van der Waals surface area contributed by atoms with E-state index in [1.807, 2.05) is 35.2 Å². The molecule has 144 valence electrons. The van der Waals surface area contributed by atoms with Crippen molar-refractivity contribution in [1.29, 1.82) is 5.26 Å². The Balaban J connectivity index is 2.10. The molecule has 1 saturated heterocycles. The van der Waals surface area contributed by atoms with E-state index in [9.17, 15) is 14.9 Å². The van der Waals surface area contributed by atoms with Crippen molar-refractivity contribution >= 4 is 17.6 Å². The molecule has 1 atom stereocenters. The minimum Gasteiger partial charge on any atom is -0.466 e. The lowest BCUT2D eigenvalue weighted by molar-refractivity contribution is -0.149. The van der Waals surface area contributed by atoms with Crippen LogP contribution in [0.2, 0.25) is 0 Å². The van der Waals surface area contributed by atoms with Crippen LogP contribution in [-0.2, 0) is 14.3 Å². The topological polar surface area (TPSA) is 82.4 Å². The molecule has 0 bridgehead atoms. The Hall–Kier alpha value is -2.81. The first kappa shape index (κ1) is 20.5. The largest absolute Gasteiger partial charge is 0.466 e. The highest BCUT2D eigenvalue weighted by Gasteiger charge is 2.26. The number of benzene rings is 1. The van der Waals surface area contributed by atoms with Gasteiger partial charge in [-0.1, -0.05) is 32.0 Å². The molecule has 2 rings (SSSR count). The monoisotopic (exact) mass is 369 g/mol. The van der Waals surface area contributed by atoms with E-state index in [0.717, 1.165) is 18.4 Å². The summed E-state index contributed by atoms with van der Waals surface area (Å²) >= 11 is 0. The molecule has 1 aliphatic heterocycles. The molecule has 1 aromatic rings. The van der Waals surface area contributed by atoms with Gasteiger partial charge in [-0.25, -0.2) is 0 Å². The SMILES string of the molecule is CCOC(=O)C1CCCN(/C=C(/C#N)C(=O)Nc2ccccc2C(C)C)C1. The van der Waals surface area contributed by atoms with Crippen LogP contribution >= 0.6 is 0 Å². The van der Waals surface area contributed by atoms with Gasteiger partial charge in [-0.05, 0) is 37.3 Å². The number of ether oxygens (including phenoxy) is 1. The van der Waals surface area contributed by atoms with Crippen molar-refractivity contribution in [3.8, 4) is 6.07 Å². The third-order valence-electron chi connectivity index (χ3n) is 4.58. The van der Waals surface area contributed by atoms with Gasteiger partial charge >= 0.3 is 5.97 Å². The minimum atomic E-state index is -0.441. The Bertz CT molecular complexity index is 749. The summed E-state index contributed by atoms with van der Waals surface area (Å²) in [6.45, 7) is 7.40. The van der Waals surface area contributed by atoms with E-state index < -0.39 is 5.91 Å². The number of nitriles is 1. The van der Waals surface area contributed by atoms with Gasteiger partial charge in [0.2, 0.25) is 0 Å². The second-order valence-corrected chi connectivity index (χ2v) is 6.94. The zero-order chi connectivity index (χ0) is 19.8. The molecule has 0 aromatic heterocycles. The summed E-state index contributed by atoms with van der Waals surface area (Å²) in [5.74, 6) is -0.628. The molecule has 27 heavy (non-hydrogen) atoms. The first-order valence-corrected chi connectivity index (χ1v) is 9.39. The van der Waals surface area contributed by atoms with Gasteiger partial charge < -0.3 is 15.0 Å². The van der Waals surface area contributed by atoms with Crippen molar-refractivity contribution in [3.05, 3.63) is 41.6 Å². The fraction of sp³-hybridized carbons (Fsp3) is 0.476. The molecule has 6 nitrogen and oxygen atoms in total. The first-order valence-electron chi connectivity index (χ1n) is 9.39. The third kappa shape index (κ3) is 5.58. The van der Waals surface area contributed by atoms with Gasteiger partial charge in [-0.2, -0.15) is 5.26 Å². The summed E-state index contributed by atoms with van der Waals surface area (Å²) in [7, 11) is 0. The van der Waals surface area contributed by atoms with E-state index in [4.69, 9.17) is 4.74 Å². The van der Waals surface area contributed by atoms with Gasteiger partial charge in [-0.3, -0.25) is 9.59 Å². The second-order valence-electron chi connectivity index (χ2n) is 6.94. The number of amides is 1. The average molecular weight is 369 g/mol. The highest BCUT2D eigenvalue weighted by Crippen LogP contribution is 2.24. The number of carbonyl (C=O) groups is 2. The zero-order valence-electron chi connectivity index (χ0n) is 16.2. The van der Waals surface area contributed by atoms with E-state index in [1.165, 1.54) is 0 Å². The van der Waals surface area contributed by atoms with Gasteiger partial charge in [0.05, 0.1) is 12.5 Å². The molecule has 1 N–H and O–H groups in total. The normalized spacial score (nSPS) is 17.4. The number of nitrogens with one attached hydrogen (secondary N) is 1. The molecular formula is C21H27N3O3. The van der Waals surface area contributed by atoms with Crippen LogP contribution in [0, 0.1) is 17.2 Å². The van der Waals surface area contributed by atoms with E-state index in [2.05, 4.69) is 19.2 Å². The van der Waals surface area contributed by atoms with Crippen molar-refractivity contribution in [3.63, 3.8) is 0 Å². The Kier molecular flexibility index (Phi) is 7.42. The second kappa shape index (κ2) is 9.77. The predicted octanol–water partition coefficient (Wildman–Crippen LogP) is 3.43. The van der Waals surface area contributed by atoms with Crippen molar-refractivity contribution < 1.29 is 14.3 Å². The van der Waals surface area contributed by atoms with Gasteiger partial charge in [-0.15, -0.1) is 0 Å². The molecule has 6 heteroatoms. The van der Waals surface area contributed by atoms with Gasteiger partial charge in [0, 0.05) is 25.0 Å². The summed E-state index contributed by atoms with van der Waals surface area (Å²) in [6, 6.07) is 9.55. The number of hydrogen-bond donors (Lipinski definition) is 1. The molecular weight excluding hydrogens is 342 g/mol. The van der Waals surface area contributed by atoms with Crippen LogP contribution in [0.5, 0.6) is 0 Å². The standard InChI is InChI=1S/C21H27N3O3/c1-4-27-21(26)16-8-7-11-24(13-16)14-17(12-22)20(25)23-19-10-6-5-9-18(19)15(2)3/h5-6,9-10,14-16H,4,7-8,11,13H2,1-3H3,(H,23,25)/b17-14-. The number of para-hydroxylation sites is 1. The van der Waals surface area contributed by atoms with Crippen LogP contribution in [-0.4, -0.2) is 36.5 Å². The zero-order valence-corrected chi connectivity index (χ0v) is 16.2. The minimum absolute atomic E-state index is 0.0260. The lowest BCUT2D eigenvalue weighted by Gasteiger charge is -2.30. The summed E-state index contributed by atoms with van der Waals surface area (Å²) in [5.41, 5.74) is 1.75. The summed E-state index contributed by atoms with van der Waals surface area (Å²) in [4.78, 5) is 26.4. The van der Waals surface area contributed by atoms with Crippen molar-refractivity contribution in [2.24, 2.45) is 5.92 Å². The van der Waals surface area contributed by atoms with E-state index in [1.54, 1.807) is 13.1 Å². The number of likely N-dealkylation sites (tertiary alicyclic amines) is 1. The molecule has 1 amide bonds. The van der Waals surface area contributed by atoms with Crippen LogP contribution in [0.1, 0.15) is 45.1 Å². The Morgan fingerprint density at radius 1 is 1.41 bits per heavy atom. The molecule has 1 fully saturated rings. The maximum atomic E-state index is 12.6. The van der Waals surface area contributed by atoms with Crippen LogP contribution in [0.25, 0.3) is 0 Å². The van der Waals surface area contributed by atoms with E-state index in [-0.39, 0.29) is 23.4 Å². The number of carbonyl (C=O) groups excluding carboxylic acids is 2. The van der Waals surface area contributed by atoms with Crippen molar-refractivity contribution in [2.45, 2.75) is 39.5 Å². The predicted molar refractivity (Wildman–Crippen MR) is 104 cm³/mol. The maximum absolute atomic E-state index is 12.6. The van der Waals surface area contributed by atoms with Crippen LogP contribution in [0.3, 0.4) is 0 Å². The number of piperidine rings is 1. The van der Waals surface area contributed by atoms with Gasteiger partial charge in [0.1, 0.15) is 11.6 Å². The fourth-order valence-electron chi connectivity index (χ4n) is 3.20. The van der Waals surface area contributed by atoms with E-state index in [0.29, 0.717) is 25.4 Å².